The first-order chi connectivity index (χ1) is 9.49. The average molecular weight is 311 g/mol. The second kappa shape index (κ2) is 7.81. The van der Waals surface area contributed by atoms with E-state index in [9.17, 15) is 4.79 Å². The number of carbonyl (C=O) groups excluding carboxylic acids is 1. The average Bonchev–Trinajstić information content (AvgIpc) is 2.85. The molecular weight excluding hydrogens is 284 g/mol. The Balaban J connectivity index is 0.00000220. The number of rotatable bonds is 4. The van der Waals surface area contributed by atoms with Crippen molar-refractivity contribution in [1.29, 1.82) is 0 Å². The van der Waals surface area contributed by atoms with Crippen LogP contribution < -0.4 is 11.1 Å². The van der Waals surface area contributed by atoms with Gasteiger partial charge in [-0.2, -0.15) is 0 Å². The summed E-state index contributed by atoms with van der Waals surface area (Å²) < 4.78 is 0. The minimum absolute atomic E-state index is 0. The van der Waals surface area contributed by atoms with Gasteiger partial charge in [0.15, 0.2) is 0 Å². The van der Waals surface area contributed by atoms with Crippen molar-refractivity contribution >= 4 is 18.3 Å². The summed E-state index contributed by atoms with van der Waals surface area (Å²) in [6.45, 7) is 6.39. The van der Waals surface area contributed by atoms with Gasteiger partial charge in [0.1, 0.15) is 0 Å². The van der Waals surface area contributed by atoms with E-state index in [1.165, 1.54) is 5.56 Å². The normalized spacial score (nSPS) is 22.7. The third-order valence-electron chi connectivity index (χ3n) is 4.37. The predicted molar refractivity (Wildman–Crippen MR) is 89.7 cm³/mol. The summed E-state index contributed by atoms with van der Waals surface area (Å²) in [7, 11) is 0. The van der Waals surface area contributed by atoms with Gasteiger partial charge in [-0.25, -0.2) is 0 Å². The van der Waals surface area contributed by atoms with Crippen LogP contribution in [0.4, 0.5) is 0 Å². The standard InChI is InChI=1S/C17H26N2O.ClH/c1-11(2)13-7-9-14(10-8-13)12(3)19-17(20)15-5-4-6-16(15)18;/h7-12,15-16H,4-6,18H2,1-3H3,(H,19,20);1H. The van der Waals surface area contributed by atoms with E-state index in [0.717, 1.165) is 24.8 Å². The van der Waals surface area contributed by atoms with Gasteiger partial charge in [-0.1, -0.05) is 44.5 Å². The molecule has 3 atom stereocenters. The second-order valence-corrected chi connectivity index (χ2v) is 6.25. The van der Waals surface area contributed by atoms with Gasteiger partial charge in [0.25, 0.3) is 0 Å². The van der Waals surface area contributed by atoms with Gasteiger partial charge in [-0.05, 0) is 36.8 Å². The van der Waals surface area contributed by atoms with Crippen molar-refractivity contribution in [2.24, 2.45) is 11.7 Å². The van der Waals surface area contributed by atoms with E-state index in [1.807, 2.05) is 6.92 Å². The summed E-state index contributed by atoms with van der Waals surface area (Å²) >= 11 is 0. The fourth-order valence-corrected chi connectivity index (χ4v) is 2.89. The maximum atomic E-state index is 12.2. The zero-order valence-electron chi connectivity index (χ0n) is 13.1. The Hall–Kier alpha value is -1.06. The number of benzene rings is 1. The first-order valence-electron chi connectivity index (χ1n) is 7.65. The van der Waals surface area contributed by atoms with E-state index in [1.54, 1.807) is 0 Å². The van der Waals surface area contributed by atoms with Crippen LogP contribution in [0.15, 0.2) is 24.3 Å². The van der Waals surface area contributed by atoms with Crippen molar-refractivity contribution in [3.8, 4) is 0 Å². The molecule has 0 bridgehead atoms. The lowest BCUT2D eigenvalue weighted by molar-refractivity contribution is -0.125. The summed E-state index contributed by atoms with van der Waals surface area (Å²) in [5.74, 6) is 0.633. The van der Waals surface area contributed by atoms with Crippen LogP contribution in [0.25, 0.3) is 0 Å². The van der Waals surface area contributed by atoms with Crippen molar-refractivity contribution in [1.82, 2.24) is 5.32 Å². The van der Waals surface area contributed by atoms with Crippen molar-refractivity contribution in [2.45, 2.75) is 58.0 Å². The lowest BCUT2D eigenvalue weighted by atomic mass is 9.98. The molecule has 1 aromatic rings. The van der Waals surface area contributed by atoms with Crippen molar-refractivity contribution in [2.75, 3.05) is 0 Å². The number of nitrogens with two attached hydrogens (primary N) is 1. The molecule has 118 valence electrons. The van der Waals surface area contributed by atoms with Gasteiger partial charge in [0.05, 0.1) is 12.0 Å². The molecule has 1 saturated carbocycles. The number of halogens is 1. The van der Waals surface area contributed by atoms with E-state index in [0.29, 0.717) is 5.92 Å². The Labute approximate surface area is 134 Å². The quantitative estimate of drug-likeness (QED) is 0.893. The molecule has 2 rings (SSSR count). The molecule has 1 aliphatic carbocycles. The summed E-state index contributed by atoms with van der Waals surface area (Å²) in [5.41, 5.74) is 8.46. The van der Waals surface area contributed by atoms with Crippen LogP contribution >= 0.6 is 12.4 Å². The van der Waals surface area contributed by atoms with Crippen molar-refractivity contribution in [3.63, 3.8) is 0 Å². The Morgan fingerprint density at radius 1 is 1.14 bits per heavy atom. The summed E-state index contributed by atoms with van der Waals surface area (Å²) in [4.78, 5) is 12.2. The highest BCUT2D eigenvalue weighted by atomic mass is 35.5. The highest BCUT2D eigenvalue weighted by molar-refractivity contribution is 5.85. The van der Waals surface area contributed by atoms with E-state index >= 15 is 0 Å². The van der Waals surface area contributed by atoms with Crippen LogP contribution in [0.5, 0.6) is 0 Å². The molecule has 1 fully saturated rings. The highest BCUT2D eigenvalue weighted by Crippen LogP contribution is 2.25. The molecule has 0 aliphatic heterocycles. The fraction of sp³-hybridized carbons (Fsp3) is 0.588. The van der Waals surface area contributed by atoms with Gasteiger partial charge in [0, 0.05) is 6.04 Å². The van der Waals surface area contributed by atoms with Gasteiger partial charge in [-0.3, -0.25) is 4.79 Å². The molecule has 0 aromatic heterocycles. The number of carbonyl (C=O) groups is 1. The van der Waals surface area contributed by atoms with E-state index in [4.69, 9.17) is 5.73 Å². The van der Waals surface area contributed by atoms with Crippen LogP contribution in [-0.2, 0) is 4.79 Å². The molecule has 4 heteroatoms. The molecule has 3 nitrogen and oxygen atoms in total. The Morgan fingerprint density at radius 2 is 1.71 bits per heavy atom. The Bertz CT molecular complexity index is 458. The third kappa shape index (κ3) is 4.45. The Morgan fingerprint density at radius 3 is 2.19 bits per heavy atom. The van der Waals surface area contributed by atoms with Crippen LogP contribution in [-0.4, -0.2) is 11.9 Å². The maximum Gasteiger partial charge on any atom is 0.225 e. The van der Waals surface area contributed by atoms with E-state index < -0.39 is 0 Å². The molecule has 1 amide bonds. The summed E-state index contributed by atoms with van der Waals surface area (Å²) in [5, 5.41) is 3.10. The zero-order chi connectivity index (χ0) is 14.7. The molecular formula is C17H27ClN2O. The topological polar surface area (TPSA) is 55.1 Å². The number of nitrogens with one attached hydrogen (secondary N) is 1. The minimum atomic E-state index is -0.00705. The maximum absolute atomic E-state index is 12.2. The minimum Gasteiger partial charge on any atom is -0.349 e. The van der Waals surface area contributed by atoms with Crippen LogP contribution in [0.2, 0.25) is 0 Å². The van der Waals surface area contributed by atoms with Crippen LogP contribution in [0.3, 0.4) is 0 Å². The molecule has 1 aromatic carbocycles. The number of hydrogen-bond acceptors (Lipinski definition) is 2. The second-order valence-electron chi connectivity index (χ2n) is 6.25. The molecule has 3 N–H and O–H groups in total. The highest BCUT2D eigenvalue weighted by Gasteiger charge is 2.30. The monoisotopic (exact) mass is 310 g/mol. The molecule has 21 heavy (non-hydrogen) atoms. The van der Waals surface area contributed by atoms with E-state index in [-0.39, 0.29) is 36.3 Å². The first kappa shape index (κ1) is 18.0. The van der Waals surface area contributed by atoms with Crippen molar-refractivity contribution < 1.29 is 4.79 Å². The summed E-state index contributed by atoms with van der Waals surface area (Å²) in [6, 6.07) is 8.57. The number of amides is 1. The van der Waals surface area contributed by atoms with Crippen LogP contribution in [0, 0.1) is 5.92 Å². The molecule has 0 heterocycles. The molecule has 0 saturated heterocycles. The first-order valence-corrected chi connectivity index (χ1v) is 7.65. The van der Waals surface area contributed by atoms with Gasteiger partial charge < -0.3 is 11.1 Å². The Kier molecular flexibility index (Phi) is 6.69. The lowest BCUT2D eigenvalue weighted by Gasteiger charge is -2.20. The van der Waals surface area contributed by atoms with Crippen molar-refractivity contribution in [3.05, 3.63) is 35.4 Å². The molecule has 0 spiro atoms. The number of hydrogen-bond donors (Lipinski definition) is 2. The lowest BCUT2D eigenvalue weighted by Crippen LogP contribution is -2.39. The van der Waals surface area contributed by atoms with Gasteiger partial charge >= 0.3 is 0 Å². The van der Waals surface area contributed by atoms with Gasteiger partial charge in [-0.15, -0.1) is 12.4 Å². The smallest absolute Gasteiger partial charge is 0.225 e. The fourth-order valence-electron chi connectivity index (χ4n) is 2.89. The molecule has 0 radical (unpaired) electrons. The van der Waals surface area contributed by atoms with E-state index in [2.05, 4.69) is 43.4 Å². The third-order valence-corrected chi connectivity index (χ3v) is 4.37. The van der Waals surface area contributed by atoms with Gasteiger partial charge in [0.2, 0.25) is 5.91 Å². The predicted octanol–water partition coefficient (Wildman–Crippen LogP) is 3.54. The van der Waals surface area contributed by atoms with Crippen LogP contribution in [0.1, 0.15) is 63.1 Å². The SMILES string of the molecule is CC(C)c1ccc(C(C)NC(=O)C2CCCC2N)cc1.Cl. The molecule has 1 aliphatic rings. The largest absolute Gasteiger partial charge is 0.349 e. The zero-order valence-corrected chi connectivity index (χ0v) is 14.0. The molecule has 3 unspecified atom stereocenters. The summed E-state index contributed by atoms with van der Waals surface area (Å²) in [6.07, 6.45) is 2.96.